The number of nitrogens with zero attached hydrogens (tertiary/aromatic N) is 1. The van der Waals surface area contributed by atoms with E-state index in [1.807, 2.05) is 29.8 Å². The molecular formula is C14H26N2OS. The highest BCUT2D eigenvalue weighted by atomic mass is 32.2. The van der Waals surface area contributed by atoms with Crippen molar-refractivity contribution in [2.45, 2.75) is 38.1 Å². The number of carbonyl (C=O) groups excluding carboxylic acids is 1. The zero-order chi connectivity index (χ0) is 13.2. The van der Waals surface area contributed by atoms with Gasteiger partial charge < -0.3 is 10.2 Å². The maximum atomic E-state index is 12.0. The van der Waals surface area contributed by atoms with Crippen molar-refractivity contribution >= 4 is 17.7 Å². The van der Waals surface area contributed by atoms with E-state index in [0.717, 1.165) is 31.7 Å². The monoisotopic (exact) mass is 270 g/mol. The highest BCUT2D eigenvalue weighted by molar-refractivity contribution is 7.99. The molecule has 1 heterocycles. The van der Waals surface area contributed by atoms with Crippen molar-refractivity contribution in [2.24, 2.45) is 0 Å². The van der Waals surface area contributed by atoms with Gasteiger partial charge in [0.15, 0.2) is 0 Å². The first-order chi connectivity index (χ1) is 8.74. The molecule has 1 aliphatic rings. The lowest BCUT2D eigenvalue weighted by atomic mass is 10.1. The zero-order valence-electron chi connectivity index (χ0n) is 11.5. The average molecular weight is 270 g/mol. The molecule has 0 spiro atoms. The minimum Gasteiger partial charge on any atom is -0.346 e. The Bertz CT molecular complexity index is 252. The molecule has 0 aromatic carbocycles. The van der Waals surface area contributed by atoms with Crippen LogP contribution < -0.4 is 5.32 Å². The summed E-state index contributed by atoms with van der Waals surface area (Å²) in [5.41, 5.74) is 0. The van der Waals surface area contributed by atoms with Crippen molar-refractivity contribution in [1.29, 1.82) is 0 Å². The van der Waals surface area contributed by atoms with Crippen LogP contribution >= 0.6 is 11.8 Å². The van der Waals surface area contributed by atoms with Crippen LogP contribution in [0, 0.1) is 0 Å². The van der Waals surface area contributed by atoms with Gasteiger partial charge in [0, 0.05) is 44.1 Å². The van der Waals surface area contributed by atoms with E-state index in [9.17, 15) is 4.79 Å². The molecule has 1 N–H and O–H groups in total. The SMILES string of the molecule is C=CCCCCCN(C)C(=O)CC1CSCCN1. The number of hydrogen-bond donors (Lipinski definition) is 1. The standard InChI is InChI=1S/C14H26N2OS/c1-3-4-5-6-7-9-16(2)14(17)11-13-12-18-10-8-15-13/h3,13,15H,1,4-12H2,2H3. The van der Waals surface area contributed by atoms with Crippen LogP contribution in [-0.2, 0) is 4.79 Å². The third kappa shape index (κ3) is 6.45. The first-order valence-electron chi connectivity index (χ1n) is 6.90. The van der Waals surface area contributed by atoms with Gasteiger partial charge in [0.05, 0.1) is 0 Å². The molecule has 0 aromatic rings. The quantitative estimate of drug-likeness (QED) is 0.542. The Hall–Kier alpha value is -0.480. The van der Waals surface area contributed by atoms with E-state index >= 15 is 0 Å². The average Bonchev–Trinajstić information content (AvgIpc) is 2.39. The number of thioether (sulfide) groups is 1. The molecule has 1 saturated heterocycles. The smallest absolute Gasteiger partial charge is 0.223 e. The fraction of sp³-hybridized carbons (Fsp3) is 0.786. The van der Waals surface area contributed by atoms with Crippen LogP contribution in [0.4, 0.5) is 0 Å². The van der Waals surface area contributed by atoms with Gasteiger partial charge in [-0.15, -0.1) is 6.58 Å². The number of rotatable bonds is 8. The molecule has 1 fully saturated rings. The van der Waals surface area contributed by atoms with E-state index in [1.165, 1.54) is 18.6 Å². The predicted octanol–water partition coefficient (Wildman–Crippen LogP) is 2.29. The van der Waals surface area contributed by atoms with Crippen LogP contribution in [0.3, 0.4) is 0 Å². The number of allylic oxidation sites excluding steroid dienone is 1. The van der Waals surface area contributed by atoms with Gasteiger partial charge >= 0.3 is 0 Å². The largest absolute Gasteiger partial charge is 0.346 e. The molecule has 0 aromatic heterocycles. The molecule has 0 saturated carbocycles. The fourth-order valence-electron chi connectivity index (χ4n) is 2.06. The lowest BCUT2D eigenvalue weighted by Crippen LogP contribution is -2.41. The summed E-state index contributed by atoms with van der Waals surface area (Å²) in [6, 6.07) is 0.375. The first-order valence-corrected chi connectivity index (χ1v) is 8.05. The van der Waals surface area contributed by atoms with Crippen LogP contribution in [0.2, 0.25) is 0 Å². The van der Waals surface area contributed by atoms with Gasteiger partial charge in [-0.25, -0.2) is 0 Å². The van der Waals surface area contributed by atoms with E-state index < -0.39 is 0 Å². The van der Waals surface area contributed by atoms with Crippen LogP contribution in [0.25, 0.3) is 0 Å². The molecule has 1 amide bonds. The Morgan fingerprint density at radius 1 is 1.50 bits per heavy atom. The molecule has 0 bridgehead atoms. The van der Waals surface area contributed by atoms with Crippen LogP contribution in [-0.4, -0.2) is 48.5 Å². The molecule has 0 radical (unpaired) electrons. The van der Waals surface area contributed by atoms with Gasteiger partial charge in [-0.3, -0.25) is 4.79 Å². The second-order valence-electron chi connectivity index (χ2n) is 4.88. The Balaban J connectivity index is 2.09. The minimum atomic E-state index is 0.277. The van der Waals surface area contributed by atoms with Crippen LogP contribution in [0.15, 0.2) is 12.7 Å². The summed E-state index contributed by atoms with van der Waals surface area (Å²) in [5.74, 6) is 2.52. The van der Waals surface area contributed by atoms with E-state index in [2.05, 4.69) is 11.9 Å². The first kappa shape index (κ1) is 15.6. The van der Waals surface area contributed by atoms with Gasteiger partial charge in [0.2, 0.25) is 5.91 Å². The van der Waals surface area contributed by atoms with Crippen molar-refractivity contribution in [3.8, 4) is 0 Å². The topological polar surface area (TPSA) is 32.3 Å². The van der Waals surface area contributed by atoms with Gasteiger partial charge in [-0.2, -0.15) is 11.8 Å². The molecule has 3 nitrogen and oxygen atoms in total. The molecule has 0 aliphatic carbocycles. The van der Waals surface area contributed by atoms with E-state index in [-0.39, 0.29) is 5.91 Å². The maximum absolute atomic E-state index is 12.0. The van der Waals surface area contributed by atoms with Crippen LogP contribution in [0.1, 0.15) is 32.1 Å². The Kier molecular flexibility index (Phi) is 8.18. The van der Waals surface area contributed by atoms with E-state index in [1.54, 1.807) is 0 Å². The Morgan fingerprint density at radius 3 is 3.00 bits per heavy atom. The summed E-state index contributed by atoms with van der Waals surface area (Å²) < 4.78 is 0. The number of amides is 1. The number of nitrogens with one attached hydrogen (secondary N) is 1. The summed E-state index contributed by atoms with van der Waals surface area (Å²) in [5, 5.41) is 3.41. The summed E-state index contributed by atoms with van der Waals surface area (Å²) in [6.45, 7) is 5.63. The second-order valence-corrected chi connectivity index (χ2v) is 6.03. The molecule has 18 heavy (non-hydrogen) atoms. The number of carbonyl (C=O) groups is 1. The highest BCUT2D eigenvalue weighted by Gasteiger charge is 2.18. The fourth-order valence-corrected chi connectivity index (χ4v) is 3.01. The number of unbranched alkanes of at least 4 members (excludes halogenated alkanes) is 3. The minimum absolute atomic E-state index is 0.277. The summed E-state index contributed by atoms with van der Waals surface area (Å²) in [4.78, 5) is 13.9. The van der Waals surface area contributed by atoms with Crippen molar-refractivity contribution in [3.63, 3.8) is 0 Å². The number of hydrogen-bond acceptors (Lipinski definition) is 3. The lowest BCUT2D eigenvalue weighted by molar-refractivity contribution is -0.130. The third-order valence-corrected chi connectivity index (χ3v) is 4.38. The van der Waals surface area contributed by atoms with Crippen molar-refractivity contribution in [3.05, 3.63) is 12.7 Å². The zero-order valence-corrected chi connectivity index (χ0v) is 12.3. The molecule has 1 atom stereocenters. The summed E-state index contributed by atoms with van der Waals surface area (Å²) >= 11 is 1.94. The third-order valence-electron chi connectivity index (χ3n) is 3.25. The molecule has 1 aliphatic heterocycles. The molecule has 1 unspecified atom stereocenters. The second kappa shape index (κ2) is 9.45. The lowest BCUT2D eigenvalue weighted by Gasteiger charge is -2.25. The van der Waals surface area contributed by atoms with Gasteiger partial charge in [-0.05, 0) is 19.3 Å². The highest BCUT2D eigenvalue weighted by Crippen LogP contribution is 2.11. The Labute approximate surface area is 115 Å². The molecule has 104 valence electrons. The van der Waals surface area contributed by atoms with Crippen molar-refractivity contribution < 1.29 is 4.79 Å². The van der Waals surface area contributed by atoms with Gasteiger partial charge in [-0.1, -0.05) is 12.5 Å². The molecule has 1 rings (SSSR count). The summed E-state index contributed by atoms with van der Waals surface area (Å²) in [7, 11) is 1.92. The normalized spacial score (nSPS) is 19.5. The summed E-state index contributed by atoms with van der Waals surface area (Å²) in [6.07, 6.45) is 7.16. The predicted molar refractivity (Wildman–Crippen MR) is 80.0 cm³/mol. The van der Waals surface area contributed by atoms with Gasteiger partial charge in [0.25, 0.3) is 0 Å². The maximum Gasteiger partial charge on any atom is 0.223 e. The van der Waals surface area contributed by atoms with E-state index in [4.69, 9.17) is 0 Å². The van der Waals surface area contributed by atoms with Crippen molar-refractivity contribution in [2.75, 3.05) is 31.6 Å². The van der Waals surface area contributed by atoms with Crippen molar-refractivity contribution in [1.82, 2.24) is 10.2 Å². The van der Waals surface area contributed by atoms with Crippen LogP contribution in [0.5, 0.6) is 0 Å². The van der Waals surface area contributed by atoms with Gasteiger partial charge in [0.1, 0.15) is 0 Å². The Morgan fingerprint density at radius 2 is 2.33 bits per heavy atom. The van der Waals surface area contributed by atoms with E-state index in [0.29, 0.717) is 12.5 Å². The molecular weight excluding hydrogens is 244 g/mol. The molecule has 4 heteroatoms.